The van der Waals surface area contributed by atoms with E-state index in [1.54, 1.807) is 20.6 Å². The van der Waals surface area contributed by atoms with Crippen LogP contribution in [0.1, 0.15) is 59.0 Å². The third-order valence-corrected chi connectivity index (χ3v) is 9.07. The minimum absolute atomic E-state index is 0.0297. The van der Waals surface area contributed by atoms with Gasteiger partial charge in [0.05, 0.1) is 0 Å². The van der Waals surface area contributed by atoms with Gasteiger partial charge < -0.3 is 24.4 Å². The van der Waals surface area contributed by atoms with E-state index in [1.807, 2.05) is 32.3 Å². The van der Waals surface area contributed by atoms with Crippen molar-refractivity contribution in [3.05, 3.63) is 53.1 Å². The van der Waals surface area contributed by atoms with Gasteiger partial charge in [-0.15, -0.1) is 0 Å². The number of aromatic nitrogens is 2. The number of urea groups is 1. The summed E-state index contributed by atoms with van der Waals surface area (Å²) in [4.78, 5) is 33.5. The van der Waals surface area contributed by atoms with Crippen LogP contribution in [0.25, 0.3) is 5.57 Å². The molecule has 0 atom stereocenters. The van der Waals surface area contributed by atoms with Crippen molar-refractivity contribution < 1.29 is 14.3 Å². The van der Waals surface area contributed by atoms with E-state index in [0.29, 0.717) is 19.7 Å². The second kappa shape index (κ2) is 12.2. The van der Waals surface area contributed by atoms with Crippen LogP contribution in [0.15, 0.2) is 30.5 Å². The van der Waals surface area contributed by atoms with Crippen LogP contribution < -0.4 is 5.32 Å². The third kappa shape index (κ3) is 7.16. The molecule has 9 nitrogen and oxygen atoms in total. The lowest BCUT2D eigenvalue weighted by Gasteiger charge is -2.36. The van der Waals surface area contributed by atoms with Gasteiger partial charge >= 0.3 is 6.03 Å². The van der Waals surface area contributed by atoms with Crippen molar-refractivity contribution in [2.24, 2.45) is 0 Å². The fourth-order valence-corrected chi connectivity index (χ4v) is 5.88. The molecule has 2 aromatic rings. The normalized spacial score (nSPS) is 16.7. The van der Waals surface area contributed by atoms with E-state index in [9.17, 15) is 14.9 Å². The summed E-state index contributed by atoms with van der Waals surface area (Å²) < 4.78 is 7.46. The molecule has 4 rings (SSSR count). The molecule has 0 saturated carbocycles. The number of benzene rings is 1. The molecule has 1 saturated heterocycles. The Morgan fingerprint density at radius 2 is 1.95 bits per heavy atom. The maximum Gasteiger partial charge on any atom is 0.319 e. The van der Waals surface area contributed by atoms with Crippen LogP contribution >= 0.6 is 0 Å². The average Bonchev–Trinajstić information content (AvgIpc) is 3.33. The Morgan fingerprint density at radius 3 is 2.59 bits per heavy atom. The van der Waals surface area contributed by atoms with Gasteiger partial charge in [-0.2, -0.15) is 5.26 Å². The molecule has 1 aliphatic carbocycles. The summed E-state index contributed by atoms with van der Waals surface area (Å²) >= 11 is 0. The predicted molar refractivity (Wildman–Crippen MR) is 155 cm³/mol. The van der Waals surface area contributed by atoms with E-state index >= 15 is 0 Å². The van der Waals surface area contributed by atoms with Crippen LogP contribution in [-0.2, 0) is 11.5 Å². The number of rotatable bonds is 9. The van der Waals surface area contributed by atoms with E-state index in [2.05, 4.69) is 42.1 Å². The number of hydrogen-bond donors (Lipinski definition) is 1. The highest BCUT2D eigenvalue weighted by Crippen LogP contribution is 2.35. The van der Waals surface area contributed by atoms with Crippen LogP contribution in [0.5, 0.6) is 0 Å². The second-order valence-corrected chi connectivity index (χ2v) is 17.5. The Balaban J connectivity index is 1.58. The number of likely N-dealkylation sites (N-methyl/N-ethyl adjacent to an activating group) is 2. The molecule has 39 heavy (non-hydrogen) atoms. The molecular formula is C29H40N6O3Si. The maximum atomic E-state index is 13.5. The molecule has 1 aliphatic heterocycles. The van der Waals surface area contributed by atoms with Gasteiger partial charge in [-0.3, -0.25) is 4.79 Å². The summed E-state index contributed by atoms with van der Waals surface area (Å²) in [6.07, 6.45) is 8.07. The Morgan fingerprint density at radius 1 is 1.21 bits per heavy atom. The van der Waals surface area contributed by atoms with Crippen molar-refractivity contribution in [1.82, 2.24) is 19.4 Å². The number of amides is 3. The van der Waals surface area contributed by atoms with Crippen LogP contribution in [0.4, 0.5) is 10.5 Å². The standard InChI is InChI=1S/C29H40N6O3Si/c1-33-17-23(18-34(2)29(33)37)22-11-12-26(25(15-22)21-9-7-6-8-10-21)32-28(36)27-31-24(16-30)19-35(27)20-38-13-14-39(3,4)5/h9,11-12,15,19,23H,6-8,10,13-14,17-18,20H2,1-5H3,(H,32,36). The second-order valence-electron chi connectivity index (χ2n) is 11.9. The van der Waals surface area contributed by atoms with Gasteiger partial charge in [0.25, 0.3) is 5.91 Å². The lowest BCUT2D eigenvalue weighted by atomic mass is 9.88. The van der Waals surface area contributed by atoms with Gasteiger partial charge in [-0.1, -0.05) is 31.8 Å². The summed E-state index contributed by atoms with van der Waals surface area (Å²) in [5.74, 6) is -0.0459. The lowest BCUT2D eigenvalue weighted by Crippen LogP contribution is -2.48. The molecule has 208 valence electrons. The number of hydrogen-bond acceptors (Lipinski definition) is 5. The van der Waals surface area contributed by atoms with Gasteiger partial charge in [0, 0.05) is 65.2 Å². The summed E-state index contributed by atoms with van der Waals surface area (Å²) in [6.45, 7) is 8.94. The van der Waals surface area contributed by atoms with Crippen LogP contribution in [0, 0.1) is 11.3 Å². The molecule has 1 aromatic heterocycles. The number of ether oxygens (including phenoxy) is 1. The summed E-state index contributed by atoms with van der Waals surface area (Å²) in [6, 6.07) is 9.24. The number of imidazole rings is 1. The Hall–Kier alpha value is -3.42. The van der Waals surface area contributed by atoms with E-state index < -0.39 is 8.07 Å². The van der Waals surface area contributed by atoms with Gasteiger partial charge in [-0.25, -0.2) is 9.78 Å². The van der Waals surface area contributed by atoms with Crippen LogP contribution in [-0.4, -0.2) is 73.2 Å². The fourth-order valence-electron chi connectivity index (χ4n) is 5.12. The molecule has 1 fully saturated rings. The summed E-state index contributed by atoms with van der Waals surface area (Å²) in [5, 5.41) is 12.5. The van der Waals surface area contributed by atoms with Gasteiger partial charge in [-0.05, 0) is 55.0 Å². The first-order chi connectivity index (χ1) is 18.6. The average molecular weight is 549 g/mol. The fraction of sp³-hybridized carbons (Fsp3) is 0.517. The number of nitrogens with zero attached hydrogens (tertiary/aromatic N) is 5. The van der Waals surface area contributed by atoms with Crippen molar-refractivity contribution in [3.63, 3.8) is 0 Å². The molecular weight excluding hydrogens is 508 g/mol. The number of carbonyl (C=O) groups excluding carboxylic acids is 2. The van der Waals surface area contributed by atoms with Gasteiger partial charge in [0.2, 0.25) is 5.82 Å². The van der Waals surface area contributed by atoms with Crippen molar-refractivity contribution in [2.75, 3.05) is 39.1 Å². The lowest BCUT2D eigenvalue weighted by molar-refractivity contribution is 0.0808. The Kier molecular flexibility index (Phi) is 8.93. The van der Waals surface area contributed by atoms with E-state index in [4.69, 9.17) is 4.74 Å². The molecule has 2 heterocycles. The molecule has 10 heteroatoms. The Labute approximate surface area is 232 Å². The molecule has 0 spiro atoms. The van der Waals surface area contributed by atoms with Crippen molar-refractivity contribution in [1.29, 1.82) is 5.26 Å². The van der Waals surface area contributed by atoms with Crippen LogP contribution in [0.3, 0.4) is 0 Å². The number of allylic oxidation sites excluding steroid dienone is 2. The zero-order valence-corrected chi connectivity index (χ0v) is 24.8. The van der Waals surface area contributed by atoms with Crippen LogP contribution in [0.2, 0.25) is 25.7 Å². The first kappa shape index (κ1) is 28.6. The summed E-state index contributed by atoms with van der Waals surface area (Å²) in [7, 11) is 2.42. The quantitative estimate of drug-likeness (QED) is 0.336. The van der Waals surface area contributed by atoms with Crippen molar-refractivity contribution in [2.45, 2.75) is 64.0 Å². The number of anilines is 1. The molecule has 0 bridgehead atoms. The minimum atomic E-state index is -1.24. The largest absolute Gasteiger partial charge is 0.361 e. The topological polar surface area (TPSA) is 103 Å². The zero-order valence-electron chi connectivity index (χ0n) is 23.8. The monoisotopic (exact) mass is 548 g/mol. The molecule has 3 amide bonds. The number of carbonyl (C=O) groups is 2. The first-order valence-corrected chi connectivity index (χ1v) is 17.4. The van der Waals surface area contributed by atoms with E-state index in [-0.39, 0.29) is 36.1 Å². The third-order valence-electron chi connectivity index (χ3n) is 7.36. The highest BCUT2D eigenvalue weighted by molar-refractivity contribution is 6.76. The zero-order chi connectivity index (χ0) is 28.2. The molecule has 0 unspecified atom stereocenters. The Bertz CT molecular complexity index is 1270. The van der Waals surface area contributed by atoms with Crippen molar-refractivity contribution in [3.8, 4) is 6.07 Å². The van der Waals surface area contributed by atoms with Gasteiger partial charge in [0.1, 0.15) is 12.8 Å². The summed E-state index contributed by atoms with van der Waals surface area (Å²) in [5.41, 5.74) is 4.28. The molecule has 2 aliphatic rings. The first-order valence-electron chi connectivity index (χ1n) is 13.7. The SMILES string of the molecule is CN1CC(c2ccc(NC(=O)c3nc(C#N)cn3COCC[Si](C)(C)C)c(C3=CCCCC3)c2)CN(C)C1=O. The number of nitrogens with one attached hydrogen (secondary N) is 1. The number of nitriles is 1. The molecule has 1 N–H and O–H groups in total. The predicted octanol–water partition coefficient (Wildman–Crippen LogP) is 5.36. The highest BCUT2D eigenvalue weighted by atomic mass is 28.3. The maximum absolute atomic E-state index is 13.5. The molecule has 0 radical (unpaired) electrons. The smallest absolute Gasteiger partial charge is 0.319 e. The van der Waals surface area contributed by atoms with E-state index in [0.717, 1.165) is 48.5 Å². The van der Waals surface area contributed by atoms with Gasteiger partial charge in [0.15, 0.2) is 5.69 Å². The highest BCUT2D eigenvalue weighted by Gasteiger charge is 2.29. The van der Waals surface area contributed by atoms with Crippen molar-refractivity contribution >= 4 is 31.3 Å². The van der Waals surface area contributed by atoms with E-state index in [1.165, 1.54) is 5.57 Å². The minimum Gasteiger partial charge on any atom is -0.361 e. The molecule has 1 aromatic carbocycles.